The second-order valence-electron chi connectivity index (χ2n) is 5.47. The molecule has 1 saturated heterocycles. The van der Waals surface area contributed by atoms with Crippen LogP contribution < -0.4 is 5.32 Å². The lowest BCUT2D eigenvalue weighted by atomic mass is 9.98. The molecule has 7 nitrogen and oxygen atoms in total. The van der Waals surface area contributed by atoms with Crippen LogP contribution in [0.3, 0.4) is 0 Å². The molecule has 0 saturated carbocycles. The van der Waals surface area contributed by atoms with E-state index in [1.165, 1.54) is 0 Å². The summed E-state index contributed by atoms with van der Waals surface area (Å²) in [6.45, 7) is 3.33. The quantitative estimate of drug-likeness (QED) is 0.892. The number of tetrazole rings is 1. The van der Waals surface area contributed by atoms with E-state index in [4.69, 9.17) is 4.74 Å². The Bertz CT molecular complexity index is 605. The Labute approximate surface area is 128 Å². The smallest absolute Gasteiger partial charge is 0.223 e. The van der Waals surface area contributed by atoms with Crippen LogP contribution in [0.15, 0.2) is 24.3 Å². The van der Waals surface area contributed by atoms with Gasteiger partial charge in [0, 0.05) is 24.7 Å². The minimum atomic E-state index is -0.0327. The molecule has 1 aliphatic rings. The summed E-state index contributed by atoms with van der Waals surface area (Å²) in [5.41, 5.74) is 1.94. The molecule has 1 aromatic heterocycles. The van der Waals surface area contributed by atoms with Crippen LogP contribution in [-0.4, -0.2) is 39.7 Å². The Morgan fingerprint density at radius 2 is 2.05 bits per heavy atom. The summed E-state index contributed by atoms with van der Waals surface area (Å²) in [5.74, 6) is 0.735. The molecule has 1 aliphatic heterocycles. The van der Waals surface area contributed by atoms with E-state index in [0.29, 0.717) is 19.0 Å². The molecular weight excluding hydrogens is 282 g/mol. The van der Waals surface area contributed by atoms with Gasteiger partial charge in [-0.05, 0) is 30.5 Å². The first kappa shape index (κ1) is 14.6. The van der Waals surface area contributed by atoms with Crippen molar-refractivity contribution in [1.82, 2.24) is 25.9 Å². The van der Waals surface area contributed by atoms with Gasteiger partial charge in [0.25, 0.3) is 0 Å². The van der Waals surface area contributed by atoms with Crippen molar-refractivity contribution >= 4 is 5.91 Å². The normalized spacial score (nSPS) is 17.1. The molecule has 2 heterocycles. The number of ether oxygens (including phenoxy) is 1. The van der Waals surface area contributed by atoms with Crippen LogP contribution in [0.4, 0.5) is 0 Å². The zero-order valence-corrected chi connectivity index (χ0v) is 12.5. The lowest BCUT2D eigenvalue weighted by Gasteiger charge is -2.23. The summed E-state index contributed by atoms with van der Waals surface area (Å²) < 4.78 is 5.29. The van der Waals surface area contributed by atoms with Crippen LogP contribution >= 0.6 is 0 Å². The van der Waals surface area contributed by atoms with E-state index in [-0.39, 0.29) is 17.9 Å². The number of aromatic amines is 1. The monoisotopic (exact) mass is 301 g/mol. The van der Waals surface area contributed by atoms with Gasteiger partial charge in [-0.1, -0.05) is 24.3 Å². The average molecular weight is 301 g/mol. The highest BCUT2D eigenvalue weighted by Crippen LogP contribution is 2.20. The molecule has 7 heteroatoms. The Balaban J connectivity index is 1.62. The third-order valence-electron chi connectivity index (χ3n) is 3.97. The largest absolute Gasteiger partial charge is 0.381 e. The molecule has 1 atom stereocenters. The van der Waals surface area contributed by atoms with Gasteiger partial charge in [0.15, 0.2) is 0 Å². The minimum absolute atomic E-state index is 0.0327. The highest BCUT2D eigenvalue weighted by molar-refractivity contribution is 5.79. The average Bonchev–Trinajstić information content (AvgIpc) is 3.10. The number of aromatic nitrogens is 4. The predicted octanol–water partition coefficient (Wildman–Crippen LogP) is 1.47. The molecule has 0 unspecified atom stereocenters. The van der Waals surface area contributed by atoms with Crippen LogP contribution in [0, 0.1) is 5.92 Å². The summed E-state index contributed by atoms with van der Waals surface area (Å²) in [6, 6.07) is 7.77. The van der Waals surface area contributed by atoms with Crippen molar-refractivity contribution in [3.8, 4) is 11.4 Å². The molecule has 0 bridgehead atoms. The molecule has 22 heavy (non-hydrogen) atoms. The van der Waals surface area contributed by atoms with Crippen LogP contribution in [0.2, 0.25) is 0 Å². The van der Waals surface area contributed by atoms with E-state index in [1.54, 1.807) is 0 Å². The van der Waals surface area contributed by atoms with E-state index in [0.717, 1.165) is 24.0 Å². The third kappa shape index (κ3) is 3.30. The number of hydrogen-bond acceptors (Lipinski definition) is 5. The van der Waals surface area contributed by atoms with E-state index in [2.05, 4.69) is 25.9 Å². The molecule has 0 spiro atoms. The van der Waals surface area contributed by atoms with Gasteiger partial charge >= 0.3 is 0 Å². The number of hydrogen-bond donors (Lipinski definition) is 2. The lowest BCUT2D eigenvalue weighted by Crippen LogP contribution is -2.35. The first-order valence-corrected chi connectivity index (χ1v) is 7.46. The lowest BCUT2D eigenvalue weighted by molar-refractivity contribution is -0.128. The van der Waals surface area contributed by atoms with Gasteiger partial charge in [-0.2, -0.15) is 5.21 Å². The number of rotatable bonds is 4. The topological polar surface area (TPSA) is 92.8 Å². The molecule has 3 rings (SSSR count). The van der Waals surface area contributed by atoms with Crippen molar-refractivity contribution < 1.29 is 9.53 Å². The standard InChI is InChI=1S/C15H19N5O2/c1-10(16-15(21)13-6-8-22-9-7-13)11-2-4-12(5-3-11)14-17-19-20-18-14/h2-5,10,13H,6-9H2,1H3,(H,16,21)(H,17,18,19,20)/t10-/m1/s1. The van der Waals surface area contributed by atoms with Gasteiger partial charge in [0.1, 0.15) is 0 Å². The van der Waals surface area contributed by atoms with Crippen molar-refractivity contribution in [1.29, 1.82) is 0 Å². The maximum Gasteiger partial charge on any atom is 0.223 e. The van der Waals surface area contributed by atoms with Crippen LogP contribution in [-0.2, 0) is 9.53 Å². The molecule has 1 fully saturated rings. The van der Waals surface area contributed by atoms with E-state index >= 15 is 0 Å². The van der Waals surface area contributed by atoms with Gasteiger partial charge in [-0.3, -0.25) is 4.79 Å². The van der Waals surface area contributed by atoms with Gasteiger partial charge < -0.3 is 10.1 Å². The van der Waals surface area contributed by atoms with Crippen LogP contribution in [0.5, 0.6) is 0 Å². The summed E-state index contributed by atoms with van der Waals surface area (Å²) in [6.07, 6.45) is 1.60. The molecule has 1 aromatic carbocycles. The second-order valence-corrected chi connectivity index (χ2v) is 5.47. The highest BCUT2D eigenvalue weighted by atomic mass is 16.5. The van der Waals surface area contributed by atoms with E-state index in [9.17, 15) is 4.79 Å². The zero-order valence-electron chi connectivity index (χ0n) is 12.5. The number of carbonyl (C=O) groups is 1. The Morgan fingerprint density at radius 3 is 2.68 bits per heavy atom. The zero-order chi connectivity index (χ0) is 15.4. The Kier molecular flexibility index (Phi) is 4.43. The highest BCUT2D eigenvalue weighted by Gasteiger charge is 2.22. The van der Waals surface area contributed by atoms with E-state index < -0.39 is 0 Å². The van der Waals surface area contributed by atoms with Gasteiger partial charge in [-0.25, -0.2) is 0 Å². The van der Waals surface area contributed by atoms with Crippen molar-refractivity contribution in [2.45, 2.75) is 25.8 Å². The van der Waals surface area contributed by atoms with Crippen molar-refractivity contribution in [3.05, 3.63) is 29.8 Å². The maximum atomic E-state index is 12.2. The summed E-state index contributed by atoms with van der Waals surface area (Å²) >= 11 is 0. The number of nitrogens with zero attached hydrogens (tertiary/aromatic N) is 3. The van der Waals surface area contributed by atoms with Crippen molar-refractivity contribution in [2.75, 3.05) is 13.2 Å². The van der Waals surface area contributed by atoms with Crippen LogP contribution in [0.1, 0.15) is 31.4 Å². The Hall–Kier alpha value is -2.28. The second kappa shape index (κ2) is 6.65. The first-order chi connectivity index (χ1) is 10.7. The molecular formula is C15H19N5O2. The molecule has 1 amide bonds. The maximum absolute atomic E-state index is 12.2. The predicted molar refractivity (Wildman–Crippen MR) is 79.7 cm³/mol. The molecule has 2 N–H and O–H groups in total. The van der Waals surface area contributed by atoms with E-state index in [1.807, 2.05) is 31.2 Å². The third-order valence-corrected chi connectivity index (χ3v) is 3.97. The fourth-order valence-electron chi connectivity index (χ4n) is 2.58. The SMILES string of the molecule is C[C@@H](NC(=O)C1CCOCC1)c1ccc(-c2nn[nH]n2)cc1. The Morgan fingerprint density at radius 1 is 1.32 bits per heavy atom. The number of amides is 1. The number of benzene rings is 1. The fraction of sp³-hybridized carbons (Fsp3) is 0.467. The van der Waals surface area contributed by atoms with Gasteiger partial charge in [-0.15, -0.1) is 10.2 Å². The minimum Gasteiger partial charge on any atom is -0.381 e. The van der Waals surface area contributed by atoms with Gasteiger partial charge in [0.05, 0.1) is 6.04 Å². The number of nitrogens with one attached hydrogen (secondary N) is 2. The number of H-pyrrole nitrogens is 1. The first-order valence-electron chi connectivity index (χ1n) is 7.46. The molecule has 2 aromatic rings. The fourth-order valence-corrected chi connectivity index (χ4v) is 2.58. The van der Waals surface area contributed by atoms with Crippen LogP contribution in [0.25, 0.3) is 11.4 Å². The molecule has 0 radical (unpaired) electrons. The summed E-state index contributed by atoms with van der Waals surface area (Å²) in [5, 5.41) is 16.9. The van der Waals surface area contributed by atoms with Crippen molar-refractivity contribution in [3.63, 3.8) is 0 Å². The summed E-state index contributed by atoms with van der Waals surface area (Å²) in [7, 11) is 0. The number of carbonyl (C=O) groups excluding carboxylic acids is 1. The van der Waals surface area contributed by atoms with Gasteiger partial charge in [0.2, 0.25) is 11.7 Å². The molecule has 0 aliphatic carbocycles. The van der Waals surface area contributed by atoms with Crippen molar-refractivity contribution in [2.24, 2.45) is 5.92 Å². The molecule has 116 valence electrons. The summed E-state index contributed by atoms with van der Waals surface area (Å²) in [4.78, 5) is 12.2.